The topological polar surface area (TPSA) is 86.6 Å². The lowest BCUT2D eigenvalue weighted by molar-refractivity contribution is -0.139. The van der Waals surface area contributed by atoms with Crippen molar-refractivity contribution in [1.82, 2.24) is 5.32 Å². The molecule has 1 amide bonds. The van der Waals surface area contributed by atoms with Crippen LogP contribution in [0.1, 0.15) is 13.8 Å². The van der Waals surface area contributed by atoms with Crippen LogP contribution in [0.4, 0.5) is 4.79 Å². The summed E-state index contributed by atoms with van der Waals surface area (Å²) in [6, 6.07) is -1.21. The van der Waals surface area contributed by atoms with Crippen molar-refractivity contribution in [1.29, 1.82) is 0 Å². The first-order chi connectivity index (χ1) is 5.25. The molecule has 0 heterocycles. The van der Waals surface area contributed by atoms with Crippen molar-refractivity contribution in [3.63, 3.8) is 0 Å². The van der Waals surface area contributed by atoms with E-state index >= 15 is 0 Å². The molecular weight excluding hydrogens is 182 g/mol. The number of hydrogen-bond acceptors (Lipinski definition) is 3. The number of carboxylic acids is 1. The molecule has 3 N–H and O–H groups in total. The first-order valence-electron chi connectivity index (χ1n) is 3.20. The number of hydrogen-bond donors (Lipinski definition) is 4. The molecule has 6 heteroatoms. The van der Waals surface area contributed by atoms with Gasteiger partial charge in [0, 0.05) is 4.75 Å². The number of nitrogens with one attached hydrogen (secondary N) is 1. The molecule has 0 aliphatic rings. The van der Waals surface area contributed by atoms with Crippen LogP contribution in [0, 0.1) is 0 Å². The van der Waals surface area contributed by atoms with E-state index < -0.39 is 22.9 Å². The summed E-state index contributed by atoms with van der Waals surface area (Å²) in [5, 5.41) is 18.7. The number of amides is 1. The molecule has 1 atom stereocenters. The lowest BCUT2D eigenvalue weighted by Gasteiger charge is -2.25. The Hall–Kier alpha value is -0.910. The fraction of sp³-hybridized carbons (Fsp3) is 0.667. The van der Waals surface area contributed by atoms with Gasteiger partial charge in [0.1, 0.15) is 6.04 Å². The summed E-state index contributed by atoms with van der Waals surface area (Å²) in [7, 11) is 0. The first-order valence-corrected chi connectivity index (χ1v) is 3.64. The van der Waals surface area contributed by atoms with Gasteiger partial charge < -0.3 is 15.5 Å². The Bertz CT molecular complexity index is 198. The van der Waals surface area contributed by atoms with Gasteiger partial charge in [-0.1, -0.05) is 0 Å². The zero-order valence-corrected chi connectivity index (χ0v) is 7.63. The molecule has 0 radical (unpaired) electrons. The van der Waals surface area contributed by atoms with Gasteiger partial charge in [0.15, 0.2) is 0 Å². The van der Waals surface area contributed by atoms with Gasteiger partial charge in [0.05, 0.1) is 0 Å². The van der Waals surface area contributed by atoms with E-state index in [2.05, 4.69) is 12.6 Å². The van der Waals surface area contributed by atoms with Gasteiger partial charge in [-0.15, -0.1) is 0 Å². The molecular formula is C6H11NO4S. The van der Waals surface area contributed by atoms with E-state index in [0.717, 1.165) is 0 Å². The van der Waals surface area contributed by atoms with Crippen molar-refractivity contribution < 1.29 is 19.8 Å². The molecule has 0 spiro atoms. The lowest BCUT2D eigenvalue weighted by Crippen LogP contribution is -2.51. The maximum atomic E-state index is 10.5. The minimum atomic E-state index is -1.37. The fourth-order valence-electron chi connectivity index (χ4n) is 0.664. The second kappa shape index (κ2) is 3.66. The third-order valence-corrected chi connectivity index (χ3v) is 1.48. The van der Waals surface area contributed by atoms with E-state index in [-0.39, 0.29) is 0 Å². The highest BCUT2D eigenvalue weighted by Gasteiger charge is 2.33. The third kappa shape index (κ3) is 3.47. The van der Waals surface area contributed by atoms with E-state index in [1.807, 2.05) is 5.32 Å². The minimum Gasteiger partial charge on any atom is -0.480 e. The normalized spacial score (nSPS) is 13.6. The Balaban J connectivity index is 4.46. The van der Waals surface area contributed by atoms with Crippen molar-refractivity contribution in [2.24, 2.45) is 0 Å². The Kier molecular flexibility index (Phi) is 3.38. The Labute approximate surface area is 75.2 Å². The Morgan fingerprint density at radius 1 is 1.42 bits per heavy atom. The highest BCUT2D eigenvalue weighted by atomic mass is 32.1. The molecule has 12 heavy (non-hydrogen) atoms. The molecule has 0 aromatic carbocycles. The highest BCUT2D eigenvalue weighted by molar-refractivity contribution is 7.81. The van der Waals surface area contributed by atoms with E-state index in [1.54, 1.807) is 0 Å². The smallest absolute Gasteiger partial charge is 0.405 e. The lowest BCUT2D eigenvalue weighted by atomic mass is 10.0. The molecule has 0 aliphatic heterocycles. The molecule has 70 valence electrons. The zero-order chi connectivity index (χ0) is 9.94. The molecule has 0 saturated carbocycles. The molecule has 0 aromatic rings. The summed E-state index contributed by atoms with van der Waals surface area (Å²) in [5.74, 6) is -1.24. The third-order valence-electron chi connectivity index (χ3n) is 1.22. The van der Waals surface area contributed by atoms with E-state index in [9.17, 15) is 9.59 Å². The van der Waals surface area contributed by atoms with Crippen LogP contribution in [-0.2, 0) is 4.79 Å². The van der Waals surface area contributed by atoms with Gasteiger partial charge in [-0.3, -0.25) is 0 Å². The van der Waals surface area contributed by atoms with Gasteiger partial charge in [-0.25, -0.2) is 9.59 Å². The van der Waals surface area contributed by atoms with Crippen molar-refractivity contribution in [2.75, 3.05) is 0 Å². The van der Waals surface area contributed by atoms with Crippen LogP contribution in [-0.4, -0.2) is 33.1 Å². The van der Waals surface area contributed by atoms with Crippen LogP contribution in [0.2, 0.25) is 0 Å². The average molecular weight is 193 g/mol. The van der Waals surface area contributed by atoms with Crippen LogP contribution >= 0.6 is 12.6 Å². The quantitative estimate of drug-likeness (QED) is 0.489. The van der Waals surface area contributed by atoms with Crippen molar-refractivity contribution in [2.45, 2.75) is 24.6 Å². The molecule has 5 nitrogen and oxygen atoms in total. The molecule has 0 bridgehead atoms. The fourth-order valence-corrected chi connectivity index (χ4v) is 0.839. The van der Waals surface area contributed by atoms with Gasteiger partial charge in [-0.2, -0.15) is 12.6 Å². The maximum absolute atomic E-state index is 10.5. The SMILES string of the molecule is CC(C)(S)[C@H](NC(=O)O)C(=O)O. The summed E-state index contributed by atoms with van der Waals surface area (Å²) >= 11 is 3.96. The number of aliphatic carboxylic acids is 1. The minimum absolute atomic E-state index is 0.926. The van der Waals surface area contributed by atoms with Crippen LogP contribution in [0.15, 0.2) is 0 Å². The predicted octanol–water partition coefficient (Wildman–Crippen LogP) is 0.416. The van der Waals surface area contributed by atoms with Gasteiger partial charge in [0.25, 0.3) is 0 Å². The summed E-state index contributed by atoms with van der Waals surface area (Å²) < 4.78 is -0.926. The summed E-state index contributed by atoms with van der Waals surface area (Å²) in [4.78, 5) is 20.7. The summed E-state index contributed by atoms with van der Waals surface area (Å²) in [6.45, 7) is 3.04. The second-order valence-electron chi connectivity index (χ2n) is 2.87. The van der Waals surface area contributed by atoms with Crippen LogP contribution < -0.4 is 5.32 Å². The Morgan fingerprint density at radius 3 is 1.92 bits per heavy atom. The Morgan fingerprint density at radius 2 is 1.83 bits per heavy atom. The maximum Gasteiger partial charge on any atom is 0.405 e. The van der Waals surface area contributed by atoms with Crippen LogP contribution in [0.25, 0.3) is 0 Å². The summed E-state index contributed by atoms with van der Waals surface area (Å²) in [6.07, 6.45) is -1.37. The predicted molar refractivity (Wildman–Crippen MR) is 45.6 cm³/mol. The second-order valence-corrected chi connectivity index (χ2v) is 4.03. The first kappa shape index (κ1) is 11.1. The van der Waals surface area contributed by atoms with Gasteiger partial charge >= 0.3 is 12.1 Å². The molecule has 0 saturated heterocycles. The monoisotopic (exact) mass is 193 g/mol. The largest absolute Gasteiger partial charge is 0.480 e. The summed E-state index contributed by atoms with van der Waals surface area (Å²) in [5.41, 5.74) is 0. The molecule has 0 aromatic heterocycles. The number of rotatable bonds is 3. The van der Waals surface area contributed by atoms with E-state index in [0.29, 0.717) is 0 Å². The van der Waals surface area contributed by atoms with Crippen molar-refractivity contribution in [3.8, 4) is 0 Å². The number of carbonyl (C=O) groups is 2. The molecule has 0 fully saturated rings. The standard InChI is InChI=1S/C6H11NO4S/c1-6(2,12)3(4(8)9)7-5(10)11/h3,7,12H,1-2H3,(H,8,9)(H,10,11)/t3-/m1/s1. The average Bonchev–Trinajstić information content (AvgIpc) is 1.79. The highest BCUT2D eigenvalue weighted by Crippen LogP contribution is 2.17. The zero-order valence-electron chi connectivity index (χ0n) is 6.74. The number of carboxylic acid groups (broad SMARTS) is 2. The molecule has 0 aliphatic carbocycles. The van der Waals surface area contributed by atoms with Crippen LogP contribution in [0.3, 0.4) is 0 Å². The van der Waals surface area contributed by atoms with Crippen molar-refractivity contribution in [3.05, 3.63) is 0 Å². The van der Waals surface area contributed by atoms with E-state index in [1.165, 1.54) is 13.8 Å². The molecule has 0 unspecified atom stereocenters. The number of thiol groups is 1. The van der Waals surface area contributed by atoms with Crippen LogP contribution in [0.5, 0.6) is 0 Å². The van der Waals surface area contributed by atoms with E-state index in [4.69, 9.17) is 10.2 Å². The van der Waals surface area contributed by atoms with Gasteiger partial charge in [0.2, 0.25) is 0 Å². The molecule has 0 rings (SSSR count). The van der Waals surface area contributed by atoms with Crippen molar-refractivity contribution >= 4 is 24.7 Å². The van der Waals surface area contributed by atoms with Gasteiger partial charge in [-0.05, 0) is 13.8 Å².